The average molecular weight is 501 g/mol. The normalized spacial score (nSPS) is 20.1. The van der Waals surface area contributed by atoms with Gasteiger partial charge in [0.2, 0.25) is 21.2 Å². The number of benzene rings is 1. The van der Waals surface area contributed by atoms with Crippen molar-refractivity contribution in [1.29, 1.82) is 0 Å². The number of halogens is 3. The van der Waals surface area contributed by atoms with E-state index in [4.69, 9.17) is 9.15 Å². The second-order valence-corrected chi connectivity index (χ2v) is 10.8. The summed E-state index contributed by atoms with van der Waals surface area (Å²) in [6.45, 7) is 0.869. The van der Waals surface area contributed by atoms with Crippen LogP contribution in [0.1, 0.15) is 29.7 Å². The van der Waals surface area contributed by atoms with E-state index in [0.29, 0.717) is 32.4 Å². The molecule has 0 aliphatic carbocycles. The van der Waals surface area contributed by atoms with Crippen LogP contribution in [0.5, 0.6) is 5.75 Å². The molecular formula is C23H27F3N2O5S. The van der Waals surface area contributed by atoms with E-state index in [-0.39, 0.29) is 31.4 Å². The van der Waals surface area contributed by atoms with E-state index < -0.39 is 33.4 Å². The number of sulfonamides is 1. The Labute approximate surface area is 196 Å². The second kappa shape index (κ2) is 9.71. The van der Waals surface area contributed by atoms with Crippen LogP contribution in [0, 0.1) is 5.92 Å². The standard InChI is InChI=1S/C23H27F3N2O5S/c1-34(30,31)28-10-6-16(7-11-28)14-32-20-15-33-21(12-19(20)29)23(26,22(24)25)27-9-8-17-4-2-3-5-18(17)13-27/h2-5,12,15-16,22H,6-11,13-14H2,1H3. The zero-order valence-corrected chi connectivity index (χ0v) is 19.6. The molecular weight excluding hydrogens is 473 g/mol. The Balaban J connectivity index is 1.45. The third-order valence-electron chi connectivity index (χ3n) is 6.54. The molecule has 1 unspecified atom stereocenters. The summed E-state index contributed by atoms with van der Waals surface area (Å²) in [5, 5.41) is 0. The summed E-state index contributed by atoms with van der Waals surface area (Å²) in [5.74, 6) is -4.20. The van der Waals surface area contributed by atoms with Gasteiger partial charge in [-0.15, -0.1) is 0 Å². The van der Waals surface area contributed by atoms with Gasteiger partial charge in [-0.3, -0.25) is 9.69 Å². The number of hydrogen-bond acceptors (Lipinski definition) is 6. The molecule has 186 valence electrons. The molecule has 2 aliphatic heterocycles. The number of ether oxygens (including phenoxy) is 1. The zero-order chi connectivity index (χ0) is 24.5. The largest absolute Gasteiger partial charge is 0.486 e. The molecule has 0 N–H and O–H groups in total. The maximum atomic E-state index is 15.8. The summed E-state index contributed by atoms with van der Waals surface area (Å²) in [6.07, 6.45) is 0.116. The van der Waals surface area contributed by atoms with Crippen molar-refractivity contribution in [2.24, 2.45) is 5.92 Å². The quantitative estimate of drug-likeness (QED) is 0.544. The van der Waals surface area contributed by atoms with Crippen LogP contribution in [-0.4, -0.2) is 56.5 Å². The Bertz CT molecular complexity index is 1180. The summed E-state index contributed by atoms with van der Waals surface area (Å²) in [5.41, 5.74) is 0.971. The fraction of sp³-hybridized carbons (Fsp3) is 0.522. The maximum absolute atomic E-state index is 15.8. The van der Waals surface area contributed by atoms with Crippen LogP contribution in [0.3, 0.4) is 0 Å². The summed E-state index contributed by atoms with van der Waals surface area (Å²) in [7, 11) is -3.25. The lowest BCUT2D eigenvalue weighted by Gasteiger charge is -2.38. The molecule has 2 aromatic rings. The molecule has 2 aliphatic rings. The van der Waals surface area contributed by atoms with Gasteiger partial charge in [-0.05, 0) is 36.3 Å². The predicted octanol–water partition coefficient (Wildman–Crippen LogP) is 3.14. The molecule has 4 rings (SSSR count). The summed E-state index contributed by atoms with van der Waals surface area (Å²) < 4.78 is 79.1. The van der Waals surface area contributed by atoms with Crippen molar-refractivity contribution in [3.8, 4) is 5.75 Å². The molecule has 11 heteroatoms. The number of piperidine rings is 1. The first-order valence-corrected chi connectivity index (χ1v) is 12.9. The molecule has 3 heterocycles. The molecule has 34 heavy (non-hydrogen) atoms. The van der Waals surface area contributed by atoms with Gasteiger partial charge in [-0.1, -0.05) is 24.3 Å². The van der Waals surface area contributed by atoms with Crippen molar-refractivity contribution < 1.29 is 30.7 Å². The van der Waals surface area contributed by atoms with Crippen molar-refractivity contribution in [3.05, 3.63) is 63.7 Å². The summed E-state index contributed by atoms with van der Waals surface area (Å²) in [6, 6.07) is 7.99. The Hall–Kier alpha value is -2.37. The van der Waals surface area contributed by atoms with E-state index in [1.165, 1.54) is 4.31 Å². The highest BCUT2D eigenvalue weighted by molar-refractivity contribution is 7.88. The average Bonchev–Trinajstić information content (AvgIpc) is 2.82. The molecule has 1 aromatic heterocycles. The molecule has 0 saturated carbocycles. The first-order valence-electron chi connectivity index (χ1n) is 11.1. The Morgan fingerprint density at radius 1 is 1.18 bits per heavy atom. The van der Waals surface area contributed by atoms with Gasteiger partial charge >= 0.3 is 0 Å². The molecule has 0 bridgehead atoms. The molecule has 1 atom stereocenters. The minimum atomic E-state index is -3.44. The molecule has 1 fully saturated rings. The van der Waals surface area contributed by atoms with Crippen LogP contribution < -0.4 is 10.2 Å². The molecule has 0 spiro atoms. The van der Waals surface area contributed by atoms with E-state index in [1.807, 2.05) is 12.1 Å². The van der Waals surface area contributed by atoms with Gasteiger partial charge < -0.3 is 9.15 Å². The fourth-order valence-corrected chi connectivity index (χ4v) is 5.35. The Kier molecular flexibility index (Phi) is 7.07. The lowest BCUT2D eigenvalue weighted by Crippen LogP contribution is -2.50. The lowest BCUT2D eigenvalue weighted by atomic mass is 9.97. The molecule has 0 amide bonds. The van der Waals surface area contributed by atoms with E-state index in [2.05, 4.69) is 0 Å². The number of fused-ring (bicyclic) bond motifs is 1. The lowest BCUT2D eigenvalue weighted by molar-refractivity contribution is -0.166. The van der Waals surface area contributed by atoms with E-state index >= 15 is 4.39 Å². The highest BCUT2D eigenvalue weighted by Crippen LogP contribution is 2.39. The van der Waals surface area contributed by atoms with Crippen LogP contribution in [0.25, 0.3) is 0 Å². The van der Waals surface area contributed by atoms with Crippen molar-refractivity contribution >= 4 is 10.0 Å². The Morgan fingerprint density at radius 2 is 1.85 bits per heavy atom. The smallest absolute Gasteiger partial charge is 0.293 e. The monoisotopic (exact) mass is 500 g/mol. The first-order chi connectivity index (χ1) is 16.1. The predicted molar refractivity (Wildman–Crippen MR) is 119 cm³/mol. The zero-order valence-electron chi connectivity index (χ0n) is 18.8. The van der Waals surface area contributed by atoms with Crippen LogP contribution in [-0.2, 0) is 28.8 Å². The molecule has 0 radical (unpaired) electrons. The number of rotatable bonds is 7. The first kappa shape index (κ1) is 24.7. The number of alkyl halides is 3. The van der Waals surface area contributed by atoms with E-state index in [1.54, 1.807) is 12.1 Å². The van der Waals surface area contributed by atoms with Gasteiger partial charge in [0.1, 0.15) is 6.26 Å². The number of nitrogens with zero attached hydrogens (tertiary/aromatic N) is 2. The highest BCUT2D eigenvalue weighted by Gasteiger charge is 2.51. The topological polar surface area (TPSA) is 80.1 Å². The molecule has 7 nitrogen and oxygen atoms in total. The van der Waals surface area contributed by atoms with Crippen LogP contribution in [0.2, 0.25) is 0 Å². The molecule has 1 aromatic carbocycles. The van der Waals surface area contributed by atoms with Gasteiger partial charge in [0, 0.05) is 32.2 Å². The maximum Gasteiger partial charge on any atom is 0.293 e. The van der Waals surface area contributed by atoms with E-state index in [9.17, 15) is 22.0 Å². The fourth-order valence-electron chi connectivity index (χ4n) is 4.48. The highest BCUT2D eigenvalue weighted by atomic mass is 32.2. The van der Waals surface area contributed by atoms with E-state index in [0.717, 1.165) is 34.6 Å². The summed E-state index contributed by atoms with van der Waals surface area (Å²) >= 11 is 0. The van der Waals surface area contributed by atoms with Crippen LogP contribution >= 0.6 is 0 Å². The second-order valence-electron chi connectivity index (χ2n) is 8.80. The van der Waals surface area contributed by atoms with Crippen molar-refractivity contribution in [3.63, 3.8) is 0 Å². The van der Waals surface area contributed by atoms with Gasteiger partial charge in [-0.2, -0.15) is 0 Å². The van der Waals surface area contributed by atoms with Crippen LogP contribution in [0.15, 0.2) is 45.8 Å². The van der Waals surface area contributed by atoms with Crippen LogP contribution in [0.4, 0.5) is 13.2 Å². The minimum Gasteiger partial charge on any atom is -0.486 e. The number of hydrogen-bond donors (Lipinski definition) is 0. The third kappa shape index (κ3) is 5.01. The van der Waals surface area contributed by atoms with Gasteiger partial charge in [0.05, 0.1) is 12.9 Å². The van der Waals surface area contributed by atoms with Gasteiger partial charge in [0.15, 0.2) is 5.76 Å². The molecule has 1 saturated heterocycles. The van der Waals surface area contributed by atoms with Crippen molar-refractivity contribution in [1.82, 2.24) is 9.21 Å². The van der Waals surface area contributed by atoms with Gasteiger partial charge in [-0.25, -0.2) is 25.9 Å². The van der Waals surface area contributed by atoms with Crippen molar-refractivity contribution in [2.45, 2.75) is 38.0 Å². The minimum absolute atomic E-state index is 0.0202. The third-order valence-corrected chi connectivity index (χ3v) is 7.84. The van der Waals surface area contributed by atoms with Gasteiger partial charge in [0.25, 0.3) is 12.2 Å². The van der Waals surface area contributed by atoms with Crippen molar-refractivity contribution in [2.75, 3.05) is 32.5 Å². The SMILES string of the molecule is CS(=O)(=O)N1CCC(COc2coc(C(F)(C(F)F)N3CCc4ccccc4C3)cc2=O)CC1. The Morgan fingerprint density at radius 3 is 2.47 bits per heavy atom. The summed E-state index contributed by atoms with van der Waals surface area (Å²) in [4.78, 5) is 13.5.